The average molecular weight is 164 g/mol. The van der Waals surface area contributed by atoms with E-state index in [1.807, 2.05) is 12.1 Å². The molecule has 3 nitrogen and oxygen atoms in total. The third-order valence-corrected chi connectivity index (χ3v) is 1.54. The molecule has 3 heteroatoms. The molecule has 1 amide bonds. The molecule has 0 unspecified atom stereocenters. The molecule has 0 aliphatic rings. The van der Waals surface area contributed by atoms with E-state index in [9.17, 15) is 4.79 Å². The number of hydrogen-bond acceptors (Lipinski definition) is 2. The van der Waals surface area contributed by atoms with Crippen molar-refractivity contribution in [3.8, 4) is 0 Å². The minimum absolute atomic E-state index is 0.0873. The average Bonchev–Trinajstić information content (AvgIpc) is 2.03. The van der Waals surface area contributed by atoms with Gasteiger partial charge in [0.15, 0.2) is 0 Å². The van der Waals surface area contributed by atoms with Crippen molar-refractivity contribution < 1.29 is 4.79 Å². The summed E-state index contributed by atoms with van der Waals surface area (Å²) >= 11 is 0. The lowest BCUT2D eigenvalue weighted by atomic mass is 10.2. The second-order valence-corrected chi connectivity index (χ2v) is 2.58. The molecule has 0 aliphatic heterocycles. The minimum Gasteiger partial charge on any atom is -0.311 e. The maximum atomic E-state index is 10.7. The molecule has 0 aliphatic carbocycles. The molecule has 0 fully saturated rings. The van der Waals surface area contributed by atoms with Gasteiger partial charge in [-0.1, -0.05) is 6.92 Å². The number of nitrogens with one attached hydrogen (secondary N) is 1. The molecule has 64 valence electrons. The van der Waals surface area contributed by atoms with Gasteiger partial charge in [-0.2, -0.15) is 0 Å². The van der Waals surface area contributed by atoms with Crippen LogP contribution in [0.25, 0.3) is 0 Å². The van der Waals surface area contributed by atoms with Crippen LogP contribution in [0, 0.1) is 0 Å². The van der Waals surface area contributed by atoms with Crippen LogP contribution in [0.5, 0.6) is 0 Å². The fourth-order valence-electron chi connectivity index (χ4n) is 0.943. The van der Waals surface area contributed by atoms with Crippen molar-refractivity contribution in [2.75, 3.05) is 5.32 Å². The smallest absolute Gasteiger partial charge is 0.222 e. The lowest BCUT2D eigenvalue weighted by Crippen LogP contribution is -2.07. The molecule has 0 saturated heterocycles. The molecule has 12 heavy (non-hydrogen) atoms. The first-order valence-corrected chi connectivity index (χ1v) is 3.95. The Morgan fingerprint density at radius 1 is 1.67 bits per heavy atom. The van der Waals surface area contributed by atoms with Gasteiger partial charge in [-0.25, -0.2) is 4.98 Å². The Bertz CT molecular complexity index is 284. The maximum absolute atomic E-state index is 10.7. The van der Waals surface area contributed by atoms with Gasteiger partial charge < -0.3 is 5.32 Å². The Labute approximate surface area is 71.8 Å². The lowest BCUT2D eigenvalue weighted by molar-refractivity contribution is -0.114. The standard InChI is InChI=1S/C9H12N2O/c1-3-8-4-5-10-9(6-8)11-7(2)12/h4-6H,3H2,1-2H3,(H,10,11,12). The number of hydrogen-bond donors (Lipinski definition) is 1. The van der Waals surface area contributed by atoms with Crippen LogP contribution in [0.1, 0.15) is 19.4 Å². The zero-order valence-electron chi connectivity index (χ0n) is 7.29. The third-order valence-electron chi connectivity index (χ3n) is 1.54. The van der Waals surface area contributed by atoms with Crippen LogP contribution in [0.3, 0.4) is 0 Å². The molecule has 0 saturated carbocycles. The van der Waals surface area contributed by atoms with Crippen LogP contribution in [-0.2, 0) is 11.2 Å². The molecule has 0 bridgehead atoms. The van der Waals surface area contributed by atoms with E-state index in [2.05, 4.69) is 17.2 Å². The SMILES string of the molecule is CCc1ccnc(NC(C)=O)c1. The van der Waals surface area contributed by atoms with Gasteiger partial charge in [0.2, 0.25) is 5.91 Å². The van der Waals surface area contributed by atoms with Crippen molar-refractivity contribution >= 4 is 11.7 Å². The summed E-state index contributed by atoms with van der Waals surface area (Å²) in [5, 5.41) is 2.63. The summed E-state index contributed by atoms with van der Waals surface area (Å²) in [6.07, 6.45) is 2.65. The van der Waals surface area contributed by atoms with Crippen LogP contribution < -0.4 is 5.32 Å². The number of pyridine rings is 1. The van der Waals surface area contributed by atoms with Gasteiger partial charge in [0.05, 0.1) is 0 Å². The van der Waals surface area contributed by atoms with E-state index in [0.29, 0.717) is 5.82 Å². The number of amides is 1. The number of nitrogens with zero attached hydrogens (tertiary/aromatic N) is 1. The van der Waals surface area contributed by atoms with Crippen molar-refractivity contribution in [3.63, 3.8) is 0 Å². The van der Waals surface area contributed by atoms with Crippen LogP contribution in [0.4, 0.5) is 5.82 Å². The number of anilines is 1. The Kier molecular flexibility index (Phi) is 2.80. The van der Waals surface area contributed by atoms with Crippen LogP contribution in [-0.4, -0.2) is 10.9 Å². The maximum Gasteiger partial charge on any atom is 0.222 e. The van der Waals surface area contributed by atoms with Gasteiger partial charge in [-0.15, -0.1) is 0 Å². The zero-order chi connectivity index (χ0) is 8.97. The van der Waals surface area contributed by atoms with Gasteiger partial charge >= 0.3 is 0 Å². The number of rotatable bonds is 2. The van der Waals surface area contributed by atoms with Gasteiger partial charge in [0.25, 0.3) is 0 Å². The van der Waals surface area contributed by atoms with Crippen molar-refractivity contribution in [3.05, 3.63) is 23.9 Å². The second kappa shape index (κ2) is 3.85. The summed E-state index contributed by atoms with van der Waals surface area (Å²) in [5.74, 6) is 0.539. The molecule has 0 atom stereocenters. The summed E-state index contributed by atoms with van der Waals surface area (Å²) in [7, 11) is 0. The number of carbonyl (C=O) groups excluding carboxylic acids is 1. The predicted octanol–water partition coefficient (Wildman–Crippen LogP) is 1.60. The normalized spacial score (nSPS) is 9.50. The molecular formula is C9H12N2O. The topological polar surface area (TPSA) is 42.0 Å². The Morgan fingerprint density at radius 3 is 3.00 bits per heavy atom. The fourth-order valence-corrected chi connectivity index (χ4v) is 0.943. The van der Waals surface area contributed by atoms with Gasteiger partial charge in [0.1, 0.15) is 5.82 Å². The first kappa shape index (κ1) is 8.71. The molecule has 1 heterocycles. The Morgan fingerprint density at radius 2 is 2.42 bits per heavy atom. The molecule has 0 radical (unpaired) electrons. The number of carbonyl (C=O) groups is 1. The van der Waals surface area contributed by atoms with Crippen LogP contribution in [0.15, 0.2) is 18.3 Å². The van der Waals surface area contributed by atoms with E-state index < -0.39 is 0 Å². The lowest BCUT2D eigenvalue weighted by Gasteiger charge is -2.01. The monoisotopic (exact) mass is 164 g/mol. The Balaban J connectivity index is 2.79. The number of aryl methyl sites for hydroxylation is 1. The van der Waals surface area contributed by atoms with Crippen molar-refractivity contribution in [1.29, 1.82) is 0 Å². The van der Waals surface area contributed by atoms with Crippen molar-refractivity contribution in [1.82, 2.24) is 4.98 Å². The van der Waals surface area contributed by atoms with E-state index in [-0.39, 0.29) is 5.91 Å². The van der Waals surface area contributed by atoms with Gasteiger partial charge in [-0.3, -0.25) is 4.79 Å². The molecule has 1 rings (SSSR count). The largest absolute Gasteiger partial charge is 0.311 e. The fraction of sp³-hybridized carbons (Fsp3) is 0.333. The first-order chi connectivity index (χ1) is 5.72. The van der Waals surface area contributed by atoms with Gasteiger partial charge in [0, 0.05) is 13.1 Å². The first-order valence-electron chi connectivity index (χ1n) is 3.95. The summed E-state index contributed by atoms with van der Waals surface area (Å²) in [5.41, 5.74) is 1.17. The summed E-state index contributed by atoms with van der Waals surface area (Å²) in [6, 6.07) is 3.81. The van der Waals surface area contributed by atoms with Crippen LogP contribution >= 0.6 is 0 Å². The molecule has 0 spiro atoms. The van der Waals surface area contributed by atoms with Crippen molar-refractivity contribution in [2.45, 2.75) is 20.3 Å². The second-order valence-electron chi connectivity index (χ2n) is 2.58. The highest BCUT2D eigenvalue weighted by Crippen LogP contribution is 2.06. The summed E-state index contributed by atoms with van der Waals surface area (Å²) < 4.78 is 0. The van der Waals surface area contributed by atoms with E-state index in [1.165, 1.54) is 12.5 Å². The summed E-state index contributed by atoms with van der Waals surface area (Å²) in [6.45, 7) is 3.53. The van der Waals surface area contributed by atoms with Crippen molar-refractivity contribution in [2.24, 2.45) is 0 Å². The highest BCUT2D eigenvalue weighted by atomic mass is 16.1. The minimum atomic E-state index is -0.0873. The third kappa shape index (κ3) is 2.34. The molecule has 0 aromatic carbocycles. The highest BCUT2D eigenvalue weighted by Gasteiger charge is 1.96. The summed E-state index contributed by atoms with van der Waals surface area (Å²) in [4.78, 5) is 14.7. The predicted molar refractivity (Wildman–Crippen MR) is 47.9 cm³/mol. The Hall–Kier alpha value is -1.38. The van der Waals surface area contributed by atoms with E-state index in [0.717, 1.165) is 6.42 Å². The van der Waals surface area contributed by atoms with Gasteiger partial charge in [-0.05, 0) is 24.1 Å². The molecule has 1 aromatic rings. The van der Waals surface area contributed by atoms with E-state index in [1.54, 1.807) is 6.20 Å². The number of aromatic nitrogens is 1. The van der Waals surface area contributed by atoms with E-state index >= 15 is 0 Å². The highest BCUT2D eigenvalue weighted by molar-refractivity contribution is 5.87. The van der Waals surface area contributed by atoms with Crippen LogP contribution in [0.2, 0.25) is 0 Å². The van der Waals surface area contributed by atoms with E-state index in [4.69, 9.17) is 0 Å². The molecule has 1 aromatic heterocycles. The molecule has 1 N–H and O–H groups in total. The molecular weight excluding hydrogens is 152 g/mol. The quantitative estimate of drug-likeness (QED) is 0.721. The zero-order valence-corrected chi connectivity index (χ0v) is 7.29.